The third-order valence-corrected chi connectivity index (χ3v) is 2.59. The number of nitrogens with one attached hydrogen (secondary N) is 2. The summed E-state index contributed by atoms with van der Waals surface area (Å²) in [6, 6.07) is -0.0255. The van der Waals surface area contributed by atoms with Crippen molar-refractivity contribution in [3.8, 4) is 0 Å². The number of rotatable bonds is 4. The molecule has 1 heterocycles. The van der Waals surface area contributed by atoms with Gasteiger partial charge in [-0.25, -0.2) is 4.79 Å². The van der Waals surface area contributed by atoms with Crippen molar-refractivity contribution < 1.29 is 14.4 Å². The Balaban J connectivity index is 0. The van der Waals surface area contributed by atoms with Crippen molar-refractivity contribution in [3.05, 3.63) is 24.6 Å². The van der Waals surface area contributed by atoms with Crippen molar-refractivity contribution in [2.45, 2.75) is 53.5 Å². The van der Waals surface area contributed by atoms with Crippen LogP contribution in [0.4, 0.5) is 4.79 Å². The molecule has 4 N–H and O–H groups in total. The monoisotopic (exact) mass is 340 g/mol. The van der Waals surface area contributed by atoms with Crippen LogP contribution in [0, 0.1) is 0 Å². The first-order valence-corrected chi connectivity index (χ1v) is 7.74. The summed E-state index contributed by atoms with van der Waals surface area (Å²) in [4.78, 5) is 33.7. The van der Waals surface area contributed by atoms with Crippen molar-refractivity contribution in [2.75, 3.05) is 13.1 Å². The van der Waals surface area contributed by atoms with Crippen LogP contribution >= 0.6 is 0 Å². The smallest absolute Gasteiger partial charge is 0.321 e. The number of nitrogens with zero attached hydrogens (tertiary/aromatic N) is 1. The van der Waals surface area contributed by atoms with E-state index in [1.807, 2.05) is 20.8 Å². The summed E-state index contributed by atoms with van der Waals surface area (Å²) in [5, 5.41) is 5.35. The number of carbonyl (C=O) groups excluding carboxylic acids is 3. The number of ketones is 1. The standard InChI is InChI=1S/C8H15NO2.C6H10N2O.C3H7N/c1-6(10)5-8(3,4)9-7(2)11;1-3-8-5(2)4-7-6(8)9;1-3(2)4/h5H2,1-4H3,(H,9,11);2-4H2,1H3,(H,7,9);1,4H2,2H3. The molecule has 0 radical (unpaired) electrons. The van der Waals surface area contributed by atoms with Crippen LogP contribution < -0.4 is 16.4 Å². The molecule has 0 aromatic carbocycles. The van der Waals surface area contributed by atoms with Crippen LogP contribution in [0.1, 0.15) is 48.0 Å². The minimum atomic E-state index is -0.405. The minimum absolute atomic E-state index is 0.0255. The van der Waals surface area contributed by atoms with Gasteiger partial charge in [-0.1, -0.05) is 13.2 Å². The lowest BCUT2D eigenvalue weighted by atomic mass is 9.98. The molecular formula is C17H32N4O3. The van der Waals surface area contributed by atoms with Gasteiger partial charge in [0.2, 0.25) is 5.91 Å². The van der Waals surface area contributed by atoms with Gasteiger partial charge < -0.3 is 16.4 Å². The second-order valence-corrected chi connectivity index (χ2v) is 6.26. The van der Waals surface area contributed by atoms with Gasteiger partial charge >= 0.3 is 6.03 Å². The average Bonchev–Trinajstić information content (AvgIpc) is 2.64. The van der Waals surface area contributed by atoms with Gasteiger partial charge in [-0.3, -0.25) is 14.5 Å². The Hall–Kier alpha value is -2.31. The Morgan fingerprint density at radius 1 is 1.33 bits per heavy atom. The number of amides is 3. The number of hydrogen-bond acceptors (Lipinski definition) is 4. The Morgan fingerprint density at radius 3 is 2.00 bits per heavy atom. The average molecular weight is 340 g/mol. The molecule has 1 aliphatic heterocycles. The molecule has 1 saturated heterocycles. The van der Waals surface area contributed by atoms with E-state index in [0.29, 0.717) is 25.2 Å². The Kier molecular flexibility index (Phi) is 11.2. The van der Waals surface area contributed by atoms with Gasteiger partial charge in [-0.2, -0.15) is 0 Å². The van der Waals surface area contributed by atoms with E-state index >= 15 is 0 Å². The lowest BCUT2D eigenvalue weighted by Gasteiger charge is -2.23. The zero-order valence-electron chi connectivity index (χ0n) is 15.8. The van der Waals surface area contributed by atoms with Crippen LogP contribution in [0.25, 0.3) is 0 Å². The first kappa shape index (κ1) is 23.9. The van der Waals surface area contributed by atoms with Crippen LogP contribution in [0.2, 0.25) is 0 Å². The number of Topliss-reactive ketones (excluding diaryl/α,β-unsaturated/α-hetero) is 1. The lowest BCUT2D eigenvalue weighted by Crippen LogP contribution is -2.43. The Morgan fingerprint density at radius 2 is 1.79 bits per heavy atom. The van der Waals surface area contributed by atoms with Gasteiger partial charge in [0.05, 0.1) is 6.54 Å². The summed E-state index contributed by atoms with van der Waals surface area (Å²) in [6.07, 6.45) is 0.382. The summed E-state index contributed by atoms with van der Waals surface area (Å²) >= 11 is 0. The normalized spacial score (nSPS) is 13.0. The predicted octanol–water partition coefficient (Wildman–Crippen LogP) is 1.90. The van der Waals surface area contributed by atoms with Crippen molar-refractivity contribution in [1.82, 2.24) is 15.5 Å². The second-order valence-electron chi connectivity index (χ2n) is 6.26. The second kappa shape index (κ2) is 11.3. The summed E-state index contributed by atoms with van der Waals surface area (Å²) in [7, 11) is 0. The molecule has 24 heavy (non-hydrogen) atoms. The van der Waals surface area contributed by atoms with E-state index in [9.17, 15) is 14.4 Å². The lowest BCUT2D eigenvalue weighted by molar-refractivity contribution is -0.122. The molecule has 7 heteroatoms. The molecule has 7 nitrogen and oxygen atoms in total. The molecule has 0 bridgehead atoms. The van der Waals surface area contributed by atoms with Crippen LogP contribution in [0.15, 0.2) is 24.6 Å². The zero-order chi connectivity index (χ0) is 19.5. The molecule has 1 rings (SSSR count). The fourth-order valence-corrected chi connectivity index (χ4v) is 2.02. The van der Waals surface area contributed by atoms with E-state index < -0.39 is 5.54 Å². The third kappa shape index (κ3) is 13.4. The van der Waals surface area contributed by atoms with E-state index in [0.717, 1.165) is 5.70 Å². The molecule has 0 aliphatic carbocycles. The summed E-state index contributed by atoms with van der Waals surface area (Å²) in [5.74, 6) is -0.0139. The molecular weight excluding hydrogens is 308 g/mol. The Bertz CT molecular complexity index is 446. The molecule has 0 atom stereocenters. The van der Waals surface area contributed by atoms with Gasteiger partial charge in [-0.15, -0.1) is 0 Å². The van der Waals surface area contributed by atoms with Crippen LogP contribution in [0.3, 0.4) is 0 Å². The maximum atomic E-state index is 10.8. The van der Waals surface area contributed by atoms with E-state index in [1.165, 1.54) is 13.8 Å². The SMILES string of the molecule is C=C(C)N.C=C1CNC(=O)N1CC.CC(=O)CC(C)(C)NC(C)=O. The predicted molar refractivity (Wildman–Crippen MR) is 97.1 cm³/mol. The maximum Gasteiger partial charge on any atom is 0.321 e. The van der Waals surface area contributed by atoms with Crippen LogP contribution in [0.5, 0.6) is 0 Å². The number of urea groups is 1. The van der Waals surface area contributed by atoms with Crippen molar-refractivity contribution in [2.24, 2.45) is 5.73 Å². The summed E-state index contributed by atoms with van der Waals surface area (Å²) < 4.78 is 0. The van der Waals surface area contributed by atoms with E-state index in [4.69, 9.17) is 5.73 Å². The molecule has 0 saturated carbocycles. The molecule has 3 amide bonds. The molecule has 1 aliphatic rings. The van der Waals surface area contributed by atoms with Gasteiger partial charge in [0.1, 0.15) is 5.78 Å². The van der Waals surface area contributed by atoms with Gasteiger partial charge in [0, 0.05) is 31.1 Å². The minimum Gasteiger partial charge on any atom is -0.403 e. The van der Waals surface area contributed by atoms with Crippen LogP contribution in [-0.4, -0.2) is 41.2 Å². The number of carbonyl (C=O) groups is 3. The third-order valence-electron chi connectivity index (χ3n) is 2.59. The molecule has 0 aromatic rings. The number of hydrogen-bond donors (Lipinski definition) is 3. The highest BCUT2D eigenvalue weighted by atomic mass is 16.2. The first-order valence-electron chi connectivity index (χ1n) is 7.74. The molecule has 0 aromatic heterocycles. The van der Waals surface area contributed by atoms with Gasteiger partial charge in [-0.05, 0) is 40.3 Å². The van der Waals surface area contributed by atoms with Crippen molar-refractivity contribution >= 4 is 17.7 Å². The topological polar surface area (TPSA) is 105 Å². The number of likely N-dealkylation sites (N-methyl/N-ethyl adjacent to an activating group) is 1. The van der Waals surface area contributed by atoms with Crippen molar-refractivity contribution in [1.29, 1.82) is 0 Å². The molecule has 0 spiro atoms. The maximum absolute atomic E-state index is 10.8. The highest BCUT2D eigenvalue weighted by molar-refractivity contribution is 5.79. The Labute approximate surface area is 145 Å². The summed E-state index contributed by atoms with van der Waals surface area (Å²) in [5.41, 5.74) is 6.04. The zero-order valence-corrected chi connectivity index (χ0v) is 15.8. The van der Waals surface area contributed by atoms with E-state index in [-0.39, 0.29) is 17.7 Å². The first-order chi connectivity index (χ1) is 10.8. The fraction of sp³-hybridized carbons (Fsp3) is 0.588. The van der Waals surface area contributed by atoms with E-state index in [1.54, 1.807) is 11.8 Å². The number of nitrogens with two attached hydrogens (primary N) is 1. The molecule has 0 unspecified atom stereocenters. The van der Waals surface area contributed by atoms with Crippen LogP contribution in [-0.2, 0) is 9.59 Å². The highest BCUT2D eigenvalue weighted by Gasteiger charge is 2.21. The largest absolute Gasteiger partial charge is 0.403 e. The highest BCUT2D eigenvalue weighted by Crippen LogP contribution is 2.08. The molecule has 1 fully saturated rings. The summed E-state index contributed by atoms with van der Waals surface area (Å²) in [6.45, 7) is 18.6. The van der Waals surface area contributed by atoms with E-state index in [2.05, 4.69) is 23.8 Å². The van der Waals surface area contributed by atoms with Gasteiger partial charge in [0.25, 0.3) is 0 Å². The van der Waals surface area contributed by atoms with Crippen molar-refractivity contribution in [3.63, 3.8) is 0 Å². The van der Waals surface area contributed by atoms with Gasteiger partial charge in [0.15, 0.2) is 0 Å². The molecule has 138 valence electrons. The fourth-order valence-electron chi connectivity index (χ4n) is 2.02. The number of allylic oxidation sites excluding steroid dienone is 1. The quantitative estimate of drug-likeness (QED) is 0.727.